The van der Waals surface area contributed by atoms with Crippen LogP contribution in [0.2, 0.25) is 0 Å². The van der Waals surface area contributed by atoms with Crippen LogP contribution in [0, 0.1) is 0 Å². The Hall–Kier alpha value is -1.34. The molecule has 1 rings (SSSR count). The molecule has 1 unspecified atom stereocenters. The predicted molar refractivity (Wildman–Crippen MR) is 79.4 cm³/mol. The van der Waals surface area contributed by atoms with E-state index in [0.717, 1.165) is 45.7 Å². The molecule has 7 nitrogen and oxygen atoms in total. The van der Waals surface area contributed by atoms with Gasteiger partial charge in [0.2, 0.25) is 0 Å². The number of carboxylic acid groups (broad SMARTS) is 1. The molecule has 1 aliphatic heterocycles. The number of carbonyl (C=O) groups excluding carboxylic acids is 1. The van der Waals surface area contributed by atoms with Crippen molar-refractivity contribution < 1.29 is 19.4 Å². The van der Waals surface area contributed by atoms with Gasteiger partial charge in [-0.2, -0.15) is 0 Å². The number of amides is 2. The number of rotatable bonds is 9. The Morgan fingerprint density at radius 3 is 2.62 bits per heavy atom. The molecular formula is C14H27N3O4. The normalized spacial score (nSPS) is 17.2. The molecule has 7 heteroatoms. The molecule has 21 heavy (non-hydrogen) atoms. The van der Waals surface area contributed by atoms with Gasteiger partial charge in [-0.15, -0.1) is 0 Å². The second kappa shape index (κ2) is 10.4. The van der Waals surface area contributed by atoms with Crippen LogP contribution in [0.15, 0.2) is 0 Å². The SMILES string of the molecule is CC(CN1CCOCC1)NC(=O)NCCCCCC(=O)O. The van der Waals surface area contributed by atoms with E-state index >= 15 is 0 Å². The first-order valence-corrected chi connectivity index (χ1v) is 7.64. The van der Waals surface area contributed by atoms with E-state index in [4.69, 9.17) is 9.84 Å². The van der Waals surface area contributed by atoms with Crippen LogP contribution in [0.3, 0.4) is 0 Å². The van der Waals surface area contributed by atoms with Gasteiger partial charge in [0, 0.05) is 38.6 Å². The lowest BCUT2D eigenvalue weighted by Gasteiger charge is -2.29. The number of nitrogens with one attached hydrogen (secondary N) is 2. The zero-order valence-electron chi connectivity index (χ0n) is 12.8. The first-order chi connectivity index (χ1) is 10.1. The summed E-state index contributed by atoms with van der Waals surface area (Å²) in [4.78, 5) is 24.3. The van der Waals surface area contributed by atoms with Crippen LogP contribution in [0.5, 0.6) is 0 Å². The van der Waals surface area contributed by atoms with Gasteiger partial charge in [0.25, 0.3) is 0 Å². The molecule has 2 amide bonds. The van der Waals surface area contributed by atoms with Crippen LogP contribution >= 0.6 is 0 Å². The van der Waals surface area contributed by atoms with Gasteiger partial charge >= 0.3 is 12.0 Å². The van der Waals surface area contributed by atoms with Crippen LogP contribution in [0.25, 0.3) is 0 Å². The number of nitrogens with zero attached hydrogens (tertiary/aromatic N) is 1. The Balaban J connectivity index is 2.00. The van der Waals surface area contributed by atoms with Crippen LogP contribution in [0.4, 0.5) is 4.79 Å². The van der Waals surface area contributed by atoms with E-state index in [9.17, 15) is 9.59 Å². The highest BCUT2D eigenvalue weighted by Crippen LogP contribution is 1.99. The van der Waals surface area contributed by atoms with Crippen LogP contribution in [0.1, 0.15) is 32.6 Å². The lowest BCUT2D eigenvalue weighted by atomic mass is 10.2. The minimum atomic E-state index is -0.766. The molecule has 1 heterocycles. The Labute approximate surface area is 126 Å². The molecule has 1 atom stereocenters. The van der Waals surface area contributed by atoms with E-state index in [-0.39, 0.29) is 18.5 Å². The maximum Gasteiger partial charge on any atom is 0.315 e. The third-order valence-electron chi connectivity index (χ3n) is 3.37. The number of carboxylic acids is 1. The molecule has 0 saturated carbocycles. The number of unbranched alkanes of at least 4 members (excludes halogenated alkanes) is 2. The molecule has 3 N–H and O–H groups in total. The van der Waals surface area contributed by atoms with Crippen molar-refractivity contribution in [2.75, 3.05) is 39.4 Å². The molecule has 0 aromatic rings. The lowest BCUT2D eigenvalue weighted by Crippen LogP contribution is -2.48. The second-order valence-corrected chi connectivity index (χ2v) is 5.42. The van der Waals surface area contributed by atoms with E-state index in [1.165, 1.54) is 0 Å². The Kier molecular flexibility index (Phi) is 8.77. The third kappa shape index (κ3) is 9.25. The van der Waals surface area contributed by atoms with Gasteiger partial charge in [0.15, 0.2) is 0 Å². The zero-order chi connectivity index (χ0) is 15.5. The number of ether oxygens (including phenoxy) is 1. The number of hydrogen-bond acceptors (Lipinski definition) is 4. The van der Waals surface area contributed by atoms with E-state index < -0.39 is 5.97 Å². The van der Waals surface area contributed by atoms with Crippen molar-refractivity contribution in [3.8, 4) is 0 Å². The Morgan fingerprint density at radius 1 is 1.24 bits per heavy atom. The number of aliphatic carboxylic acids is 1. The molecule has 0 aromatic carbocycles. The van der Waals surface area contributed by atoms with Gasteiger partial charge in [-0.05, 0) is 19.8 Å². The summed E-state index contributed by atoms with van der Waals surface area (Å²) >= 11 is 0. The summed E-state index contributed by atoms with van der Waals surface area (Å²) in [6.45, 7) is 6.74. The second-order valence-electron chi connectivity index (χ2n) is 5.42. The van der Waals surface area contributed by atoms with Crippen molar-refractivity contribution >= 4 is 12.0 Å². The Morgan fingerprint density at radius 2 is 1.95 bits per heavy atom. The first-order valence-electron chi connectivity index (χ1n) is 7.64. The summed E-state index contributed by atoms with van der Waals surface area (Å²) in [5, 5.41) is 14.2. The summed E-state index contributed by atoms with van der Waals surface area (Å²) in [6, 6.07) is -0.0656. The Bertz CT molecular complexity index is 319. The maximum atomic E-state index is 11.7. The molecule has 0 spiro atoms. The van der Waals surface area contributed by atoms with Gasteiger partial charge in [0.1, 0.15) is 0 Å². The molecule has 1 aliphatic rings. The van der Waals surface area contributed by atoms with E-state index in [1.807, 2.05) is 6.92 Å². The lowest BCUT2D eigenvalue weighted by molar-refractivity contribution is -0.137. The van der Waals surface area contributed by atoms with Crippen molar-refractivity contribution in [1.29, 1.82) is 0 Å². The van der Waals surface area contributed by atoms with Gasteiger partial charge in [-0.3, -0.25) is 9.69 Å². The number of carbonyl (C=O) groups is 2. The average molecular weight is 301 g/mol. The summed E-state index contributed by atoms with van der Waals surface area (Å²) in [7, 11) is 0. The molecule has 1 saturated heterocycles. The molecule has 122 valence electrons. The van der Waals surface area contributed by atoms with Crippen molar-refractivity contribution in [3.05, 3.63) is 0 Å². The van der Waals surface area contributed by atoms with Gasteiger partial charge < -0.3 is 20.5 Å². The van der Waals surface area contributed by atoms with E-state index in [2.05, 4.69) is 15.5 Å². The fourth-order valence-electron chi connectivity index (χ4n) is 2.27. The highest BCUT2D eigenvalue weighted by Gasteiger charge is 2.14. The first kappa shape index (κ1) is 17.7. The van der Waals surface area contributed by atoms with Gasteiger partial charge in [-0.1, -0.05) is 6.42 Å². The minimum absolute atomic E-state index is 0.0927. The summed E-state index contributed by atoms with van der Waals surface area (Å²) < 4.78 is 5.28. The standard InChI is InChI=1S/C14H27N3O4/c1-12(11-17-7-9-21-10-8-17)16-14(20)15-6-4-2-3-5-13(18)19/h12H,2-11H2,1H3,(H,18,19)(H2,15,16,20). The summed E-state index contributed by atoms with van der Waals surface area (Å²) in [5.74, 6) is -0.766. The van der Waals surface area contributed by atoms with E-state index in [0.29, 0.717) is 13.0 Å². The van der Waals surface area contributed by atoms with Crippen LogP contribution in [-0.2, 0) is 9.53 Å². The van der Waals surface area contributed by atoms with Gasteiger partial charge in [-0.25, -0.2) is 4.79 Å². The zero-order valence-corrected chi connectivity index (χ0v) is 12.8. The molecular weight excluding hydrogens is 274 g/mol. The van der Waals surface area contributed by atoms with Crippen LogP contribution in [-0.4, -0.2) is 67.4 Å². The third-order valence-corrected chi connectivity index (χ3v) is 3.37. The number of morpholine rings is 1. The maximum absolute atomic E-state index is 11.7. The predicted octanol–water partition coefficient (Wildman–Crippen LogP) is 0.651. The van der Waals surface area contributed by atoms with Gasteiger partial charge in [0.05, 0.1) is 13.2 Å². The number of hydrogen-bond donors (Lipinski definition) is 3. The fourth-order valence-corrected chi connectivity index (χ4v) is 2.27. The molecule has 0 aliphatic carbocycles. The van der Waals surface area contributed by atoms with Crippen molar-refractivity contribution in [1.82, 2.24) is 15.5 Å². The minimum Gasteiger partial charge on any atom is -0.481 e. The topological polar surface area (TPSA) is 90.9 Å². The number of urea groups is 1. The van der Waals surface area contributed by atoms with E-state index in [1.54, 1.807) is 0 Å². The smallest absolute Gasteiger partial charge is 0.315 e. The average Bonchev–Trinajstić information content (AvgIpc) is 2.43. The highest BCUT2D eigenvalue weighted by molar-refractivity contribution is 5.74. The molecule has 0 bridgehead atoms. The fraction of sp³-hybridized carbons (Fsp3) is 0.857. The quantitative estimate of drug-likeness (QED) is 0.544. The van der Waals surface area contributed by atoms with Crippen molar-refractivity contribution in [2.24, 2.45) is 0 Å². The van der Waals surface area contributed by atoms with Crippen molar-refractivity contribution in [2.45, 2.75) is 38.6 Å². The molecule has 0 aromatic heterocycles. The monoisotopic (exact) mass is 301 g/mol. The largest absolute Gasteiger partial charge is 0.481 e. The summed E-state index contributed by atoms with van der Waals surface area (Å²) in [6.07, 6.45) is 2.48. The molecule has 1 fully saturated rings. The van der Waals surface area contributed by atoms with Crippen LogP contribution < -0.4 is 10.6 Å². The van der Waals surface area contributed by atoms with Crippen molar-refractivity contribution in [3.63, 3.8) is 0 Å². The highest BCUT2D eigenvalue weighted by atomic mass is 16.5. The molecule has 0 radical (unpaired) electrons. The summed E-state index contributed by atoms with van der Waals surface area (Å²) in [5.41, 5.74) is 0.